The van der Waals surface area contributed by atoms with E-state index in [1.807, 2.05) is 39.8 Å². The fraction of sp³-hybridized carbons (Fsp3) is 0.538. The topological polar surface area (TPSA) is 46.2 Å². The van der Waals surface area contributed by atoms with Crippen molar-refractivity contribution >= 4 is 31.6 Å². The molecule has 0 aromatic heterocycles. The second-order valence-corrected chi connectivity index (χ2v) is 7.78. The van der Waals surface area contributed by atoms with Crippen LogP contribution in [0, 0.1) is 19.8 Å². The zero-order valence-electron chi connectivity index (χ0n) is 11.2. The first-order valence-electron chi connectivity index (χ1n) is 5.98. The van der Waals surface area contributed by atoms with Crippen LogP contribution in [0.5, 0.6) is 0 Å². The highest BCUT2D eigenvalue weighted by atomic mass is 79.9. The van der Waals surface area contributed by atoms with E-state index in [0.717, 1.165) is 15.6 Å². The first-order chi connectivity index (χ1) is 8.21. The van der Waals surface area contributed by atoms with Gasteiger partial charge in [-0.15, -0.1) is 0 Å². The Bertz CT molecular complexity index is 501. The van der Waals surface area contributed by atoms with Gasteiger partial charge < -0.3 is 0 Å². The van der Waals surface area contributed by atoms with Crippen LogP contribution in [-0.4, -0.2) is 14.2 Å². The molecule has 102 valence electrons. The fourth-order valence-corrected chi connectivity index (χ4v) is 3.87. The lowest BCUT2D eigenvalue weighted by Gasteiger charge is -2.14. The number of hydrogen-bond donors (Lipinski definition) is 1. The number of benzene rings is 1. The minimum absolute atomic E-state index is 0.166. The molecule has 0 unspecified atom stereocenters. The molecule has 0 saturated heterocycles. The second-order valence-electron chi connectivity index (χ2n) is 5.02. The molecular weight excluding hydrogens is 314 g/mol. The maximum atomic E-state index is 12.0. The normalized spacial score (nSPS) is 11.9. The van der Waals surface area contributed by atoms with E-state index in [1.54, 1.807) is 0 Å². The minimum Gasteiger partial charge on any atom is -0.283 e. The van der Waals surface area contributed by atoms with Crippen LogP contribution in [-0.2, 0) is 10.0 Å². The Balaban J connectivity index is 2.91. The monoisotopic (exact) mass is 333 g/mol. The standard InChI is InChI=1S/C13H20BrNO2S/c1-9(2)5-6-18(16,17)15-13-10(3)7-12(14)8-11(13)4/h7-9,15H,5-6H2,1-4H3. The van der Waals surface area contributed by atoms with E-state index in [0.29, 0.717) is 18.0 Å². The van der Waals surface area contributed by atoms with Gasteiger partial charge >= 0.3 is 0 Å². The van der Waals surface area contributed by atoms with Crippen LogP contribution in [0.3, 0.4) is 0 Å². The van der Waals surface area contributed by atoms with Crippen molar-refractivity contribution in [1.82, 2.24) is 0 Å². The molecule has 0 aliphatic rings. The summed E-state index contributed by atoms with van der Waals surface area (Å²) >= 11 is 3.40. The Labute approximate surface area is 118 Å². The number of rotatable bonds is 5. The summed E-state index contributed by atoms with van der Waals surface area (Å²) in [6, 6.07) is 3.82. The van der Waals surface area contributed by atoms with Gasteiger partial charge in [-0.05, 0) is 49.4 Å². The summed E-state index contributed by atoms with van der Waals surface area (Å²) in [5.74, 6) is 0.549. The second kappa shape index (κ2) is 6.06. The predicted molar refractivity (Wildman–Crippen MR) is 80.5 cm³/mol. The van der Waals surface area contributed by atoms with E-state index in [1.165, 1.54) is 0 Å². The molecule has 0 bridgehead atoms. The van der Waals surface area contributed by atoms with Gasteiger partial charge in [0.1, 0.15) is 0 Å². The Hall–Kier alpha value is -0.550. The molecule has 0 spiro atoms. The Kier molecular flexibility index (Phi) is 5.22. The maximum Gasteiger partial charge on any atom is 0.232 e. The van der Waals surface area contributed by atoms with Crippen molar-refractivity contribution in [3.8, 4) is 0 Å². The van der Waals surface area contributed by atoms with Crippen LogP contribution in [0.4, 0.5) is 5.69 Å². The zero-order chi connectivity index (χ0) is 13.9. The van der Waals surface area contributed by atoms with Gasteiger partial charge in [-0.25, -0.2) is 8.42 Å². The van der Waals surface area contributed by atoms with E-state index >= 15 is 0 Å². The van der Waals surface area contributed by atoms with E-state index in [4.69, 9.17) is 0 Å². The highest BCUT2D eigenvalue weighted by Gasteiger charge is 2.14. The fourth-order valence-electron chi connectivity index (χ4n) is 1.67. The Morgan fingerprint density at radius 1 is 1.22 bits per heavy atom. The number of sulfonamides is 1. The molecule has 1 aromatic carbocycles. The molecule has 0 saturated carbocycles. The van der Waals surface area contributed by atoms with Gasteiger partial charge in [0, 0.05) is 4.47 Å². The molecule has 0 amide bonds. The molecule has 1 aromatic rings. The SMILES string of the molecule is Cc1cc(Br)cc(C)c1NS(=O)(=O)CCC(C)C. The molecular formula is C13H20BrNO2S. The van der Waals surface area contributed by atoms with Crippen LogP contribution in [0.1, 0.15) is 31.4 Å². The molecule has 0 radical (unpaired) electrons. The van der Waals surface area contributed by atoms with Crippen LogP contribution in [0.15, 0.2) is 16.6 Å². The summed E-state index contributed by atoms with van der Waals surface area (Å²) in [7, 11) is -3.25. The summed E-state index contributed by atoms with van der Waals surface area (Å²) in [6.07, 6.45) is 0.671. The van der Waals surface area contributed by atoms with Crippen LogP contribution < -0.4 is 4.72 Å². The van der Waals surface area contributed by atoms with E-state index in [2.05, 4.69) is 20.7 Å². The molecule has 0 aliphatic heterocycles. The van der Waals surface area contributed by atoms with Gasteiger partial charge in [0.2, 0.25) is 10.0 Å². The predicted octanol–water partition coefficient (Wildman–Crippen LogP) is 3.85. The lowest BCUT2D eigenvalue weighted by Crippen LogP contribution is -2.19. The molecule has 0 atom stereocenters. The largest absolute Gasteiger partial charge is 0.283 e. The maximum absolute atomic E-state index is 12.0. The van der Waals surface area contributed by atoms with Crippen molar-refractivity contribution in [2.45, 2.75) is 34.1 Å². The summed E-state index contributed by atoms with van der Waals surface area (Å²) in [6.45, 7) is 7.84. The number of aryl methyl sites for hydroxylation is 2. The van der Waals surface area contributed by atoms with Gasteiger partial charge in [0.25, 0.3) is 0 Å². The van der Waals surface area contributed by atoms with Crippen molar-refractivity contribution in [3.05, 3.63) is 27.7 Å². The van der Waals surface area contributed by atoms with Crippen molar-refractivity contribution in [2.24, 2.45) is 5.92 Å². The van der Waals surface area contributed by atoms with Gasteiger partial charge in [-0.3, -0.25) is 4.72 Å². The lowest BCUT2D eigenvalue weighted by atomic mass is 10.1. The molecule has 0 aliphatic carbocycles. The Morgan fingerprint density at radius 2 is 1.72 bits per heavy atom. The molecule has 3 nitrogen and oxygen atoms in total. The molecule has 1 rings (SSSR count). The Morgan fingerprint density at radius 3 is 2.17 bits per heavy atom. The average Bonchev–Trinajstić information content (AvgIpc) is 2.21. The van der Waals surface area contributed by atoms with Gasteiger partial charge in [-0.2, -0.15) is 0 Å². The first kappa shape index (κ1) is 15.5. The third-order valence-electron chi connectivity index (χ3n) is 2.72. The average molecular weight is 334 g/mol. The molecule has 5 heteroatoms. The molecule has 1 N–H and O–H groups in total. The zero-order valence-corrected chi connectivity index (χ0v) is 13.7. The van der Waals surface area contributed by atoms with Crippen LogP contribution in [0.25, 0.3) is 0 Å². The number of anilines is 1. The summed E-state index contributed by atoms with van der Waals surface area (Å²) in [5.41, 5.74) is 2.55. The van der Waals surface area contributed by atoms with E-state index in [-0.39, 0.29) is 5.75 Å². The smallest absolute Gasteiger partial charge is 0.232 e. The molecule has 0 fully saturated rings. The lowest BCUT2D eigenvalue weighted by molar-refractivity contribution is 0.578. The number of hydrogen-bond acceptors (Lipinski definition) is 2. The number of nitrogens with one attached hydrogen (secondary N) is 1. The van der Waals surface area contributed by atoms with Crippen molar-refractivity contribution in [2.75, 3.05) is 10.5 Å². The summed E-state index contributed by atoms with van der Waals surface area (Å²) < 4.78 is 27.6. The van der Waals surface area contributed by atoms with Crippen LogP contribution in [0.2, 0.25) is 0 Å². The minimum atomic E-state index is -3.25. The highest BCUT2D eigenvalue weighted by molar-refractivity contribution is 9.10. The summed E-state index contributed by atoms with van der Waals surface area (Å²) in [4.78, 5) is 0. The summed E-state index contributed by atoms with van der Waals surface area (Å²) in [5, 5.41) is 0. The first-order valence-corrected chi connectivity index (χ1v) is 8.43. The van der Waals surface area contributed by atoms with E-state index in [9.17, 15) is 8.42 Å². The molecule has 18 heavy (non-hydrogen) atoms. The van der Waals surface area contributed by atoms with Gasteiger partial charge in [0.15, 0.2) is 0 Å². The van der Waals surface area contributed by atoms with Crippen LogP contribution >= 0.6 is 15.9 Å². The quantitative estimate of drug-likeness (QED) is 0.889. The van der Waals surface area contributed by atoms with Crippen molar-refractivity contribution in [3.63, 3.8) is 0 Å². The number of halogens is 1. The van der Waals surface area contributed by atoms with Crippen molar-refractivity contribution in [1.29, 1.82) is 0 Å². The van der Waals surface area contributed by atoms with E-state index < -0.39 is 10.0 Å². The van der Waals surface area contributed by atoms with Crippen molar-refractivity contribution < 1.29 is 8.42 Å². The van der Waals surface area contributed by atoms with Gasteiger partial charge in [0.05, 0.1) is 11.4 Å². The third-order valence-corrected chi connectivity index (χ3v) is 4.47. The molecule has 0 heterocycles. The van der Waals surface area contributed by atoms with Gasteiger partial charge in [-0.1, -0.05) is 29.8 Å². The third kappa shape index (κ3) is 4.61. The highest BCUT2D eigenvalue weighted by Crippen LogP contribution is 2.26.